The normalized spacial score (nSPS) is 22.2. The van der Waals surface area contributed by atoms with Crippen LogP contribution in [-0.4, -0.2) is 48.4 Å². The Hall–Kier alpha value is -1.96. The molecule has 1 amide bonds. The van der Waals surface area contributed by atoms with Crippen molar-refractivity contribution >= 4 is 11.9 Å². The minimum Gasteiger partial charge on any atom is -0.469 e. The van der Waals surface area contributed by atoms with Crippen molar-refractivity contribution in [1.29, 1.82) is 0 Å². The van der Waals surface area contributed by atoms with Crippen LogP contribution in [0.2, 0.25) is 0 Å². The quantitative estimate of drug-likeness (QED) is 0.743. The number of aromatic nitrogens is 2. The highest BCUT2D eigenvalue weighted by molar-refractivity contribution is 5.93. The monoisotopic (exact) mass is 271 g/mol. The average molecular weight is 271 g/mol. The summed E-state index contributed by atoms with van der Waals surface area (Å²) in [4.78, 5) is 22.9. The molecule has 8 heteroatoms. The molecule has 19 heavy (non-hydrogen) atoms. The first-order valence-electron chi connectivity index (χ1n) is 5.78. The number of halogens is 1. The summed E-state index contributed by atoms with van der Waals surface area (Å²) in [6, 6.07) is 0. The molecule has 1 fully saturated rings. The van der Waals surface area contributed by atoms with Crippen LogP contribution >= 0.6 is 0 Å². The minimum atomic E-state index is -0.780. The Bertz CT molecular complexity index is 476. The number of rotatable bonds is 4. The number of esters is 1. The Kier molecular flexibility index (Phi) is 4.10. The number of nitrogens with zero attached hydrogens (tertiary/aromatic N) is 1. The topological polar surface area (TPSA) is 93.3 Å². The lowest BCUT2D eigenvalue weighted by molar-refractivity contribution is -0.145. The second-order valence-corrected chi connectivity index (χ2v) is 4.22. The molecule has 2 atom stereocenters. The Morgan fingerprint density at radius 3 is 3.11 bits per heavy atom. The molecule has 1 aromatic rings. The van der Waals surface area contributed by atoms with Gasteiger partial charge in [-0.15, -0.1) is 0 Å². The third-order valence-corrected chi connectivity index (χ3v) is 2.94. The highest BCUT2D eigenvalue weighted by Crippen LogP contribution is 2.20. The van der Waals surface area contributed by atoms with E-state index in [2.05, 4.69) is 15.2 Å². The van der Waals surface area contributed by atoms with E-state index in [0.717, 1.165) is 6.20 Å². The van der Waals surface area contributed by atoms with Crippen LogP contribution in [0.3, 0.4) is 0 Å². The number of nitrogens with one attached hydrogen (secondary N) is 2. The van der Waals surface area contributed by atoms with Crippen LogP contribution in [0.15, 0.2) is 6.20 Å². The van der Waals surface area contributed by atoms with Crippen molar-refractivity contribution in [2.75, 3.05) is 20.3 Å². The van der Waals surface area contributed by atoms with Gasteiger partial charge in [0.2, 0.25) is 5.95 Å². The number of methoxy groups -OCH3 is 1. The van der Waals surface area contributed by atoms with Gasteiger partial charge in [0, 0.05) is 6.54 Å². The van der Waals surface area contributed by atoms with Crippen LogP contribution < -0.4 is 5.32 Å². The van der Waals surface area contributed by atoms with Crippen LogP contribution in [0.1, 0.15) is 16.8 Å². The van der Waals surface area contributed by atoms with Gasteiger partial charge in [-0.2, -0.15) is 9.49 Å². The molecule has 1 saturated heterocycles. The molecular formula is C11H14FN3O4. The molecule has 0 aromatic carbocycles. The van der Waals surface area contributed by atoms with E-state index in [1.807, 2.05) is 5.10 Å². The number of carbonyl (C=O) groups is 2. The zero-order valence-electron chi connectivity index (χ0n) is 10.3. The van der Waals surface area contributed by atoms with E-state index in [1.54, 1.807) is 0 Å². The highest BCUT2D eigenvalue weighted by Gasteiger charge is 2.31. The lowest BCUT2D eigenvalue weighted by atomic mass is 10.1. The molecule has 2 heterocycles. The third kappa shape index (κ3) is 3.08. The number of ether oxygens (including phenoxy) is 2. The van der Waals surface area contributed by atoms with E-state index in [1.165, 1.54) is 7.11 Å². The van der Waals surface area contributed by atoms with Crippen LogP contribution in [0.4, 0.5) is 4.39 Å². The smallest absolute Gasteiger partial charge is 0.311 e. The summed E-state index contributed by atoms with van der Waals surface area (Å²) in [5, 5.41) is 7.98. The van der Waals surface area contributed by atoms with E-state index in [0.29, 0.717) is 6.42 Å². The van der Waals surface area contributed by atoms with Crippen LogP contribution in [0.5, 0.6) is 0 Å². The summed E-state index contributed by atoms with van der Waals surface area (Å²) >= 11 is 0. The van der Waals surface area contributed by atoms with Crippen molar-refractivity contribution < 1.29 is 23.5 Å². The number of hydrogen-bond acceptors (Lipinski definition) is 5. The third-order valence-electron chi connectivity index (χ3n) is 2.94. The lowest BCUT2D eigenvalue weighted by Gasteiger charge is -2.10. The maximum atomic E-state index is 13.0. The number of H-pyrrole nitrogens is 1. The number of aromatic amines is 1. The fraction of sp³-hybridized carbons (Fsp3) is 0.545. The zero-order chi connectivity index (χ0) is 13.8. The molecular weight excluding hydrogens is 257 g/mol. The zero-order valence-corrected chi connectivity index (χ0v) is 10.3. The van der Waals surface area contributed by atoms with Gasteiger partial charge >= 0.3 is 5.97 Å². The van der Waals surface area contributed by atoms with Crippen molar-refractivity contribution in [2.24, 2.45) is 5.92 Å². The molecule has 104 valence electrons. The van der Waals surface area contributed by atoms with Crippen LogP contribution in [0, 0.1) is 11.9 Å². The fourth-order valence-electron chi connectivity index (χ4n) is 1.91. The Morgan fingerprint density at radius 2 is 2.47 bits per heavy atom. The van der Waals surface area contributed by atoms with Crippen molar-refractivity contribution in [3.8, 4) is 0 Å². The van der Waals surface area contributed by atoms with Gasteiger partial charge in [0.15, 0.2) is 0 Å². The van der Waals surface area contributed by atoms with Gasteiger partial charge in [0.05, 0.1) is 31.9 Å². The molecule has 1 aliphatic rings. The highest BCUT2D eigenvalue weighted by atomic mass is 19.1. The molecule has 0 aliphatic carbocycles. The van der Waals surface area contributed by atoms with Crippen LogP contribution in [-0.2, 0) is 14.3 Å². The van der Waals surface area contributed by atoms with Gasteiger partial charge in [0.1, 0.15) is 5.56 Å². The van der Waals surface area contributed by atoms with Gasteiger partial charge in [-0.05, 0) is 6.42 Å². The number of amides is 1. The Morgan fingerprint density at radius 1 is 1.68 bits per heavy atom. The van der Waals surface area contributed by atoms with E-state index in [9.17, 15) is 14.0 Å². The van der Waals surface area contributed by atoms with Gasteiger partial charge in [-0.3, -0.25) is 14.7 Å². The first kappa shape index (κ1) is 13.5. The Labute approximate surface area is 108 Å². The molecule has 0 radical (unpaired) electrons. The van der Waals surface area contributed by atoms with Gasteiger partial charge in [0.25, 0.3) is 5.91 Å². The van der Waals surface area contributed by atoms with Crippen molar-refractivity contribution in [2.45, 2.75) is 12.5 Å². The minimum absolute atomic E-state index is 0.150. The second-order valence-electron chi connectivity index (χ2n) is 4.22. The molecule has 2 N–H and O–H groups in total. The SMILES string of the molecule is COC(=O)C1COC(CNC(=O)c2cn[nH]c2F)C1. The van der Waals surface area contributed by atoms with E-state index < -0.39 is 11.9 Å². The standard InChI is InChI=1S/C11H14FN3O4/c1-18-11(17)6-2-7(19-5-6)3-13-10(16)8-4-14-15-9(8)12/h4,6-7H,2-3,5H2,1H3,(H,13,16)(H,14,15). The maximum Gasteiger partial charge on any atom is 0.311 e. The van der Waals surface area contributed by atoms with Gasteiger partial charge in [-0.25, -0.2) is 0 Å². The molecule has 0 spiro atoms. The summed E-state index contributed by atoms with van der Waals surface area (Å²) in [7, 11) is 1.32. The summed E-state index contributed by atoms with van der Waals surface area (Å²) in [5.74, 6) is -1.99. The largest absolute Gasteiger partial charge is 0.469 e. The van der Waals surface area contributed by atoms with Gasteiger partial charge in [-0.1, -0.05) is 0 Å². The maximum absolute atomic E-state index is 13.0. The molecule has 1 aliphatic heterocycles. The predicted molar refractivity (Wildman–Crippen MR) is 60.7 cm³/mol. The summed E-state index contributed by atoms with van der Waals surface area (Å²) in [6.07, 6.45) is 1.31. The second kappa shape index (κ2) is 5.79. The predicted octanol–water partition coefficient (Wildman–Crippen LogP) is -0.143. The molecule has 1 aromatic heterocycles. The summed E-state index contributed by atoms with van der Waals surface area (Å²) in [6.45, 7) is 0.476. The molecule has 0 bridgehead atoms. The molecule has 7 nitrogen and oxygen atoms in total. The van der Waals surface area contributed by atoms with E-state index in [-0.39, 0.29) is 36.7 Å². The first-order chi connectivity index (χ1) is 9.11. The molecule has 0 saturated carbocycles. The van der Waals surface area contributed by atoms with E-state index >= 15 is 0 Å². The van der Waals surface area contributed by atoms with Gasteiger partial charge < -0.3 is 14.8 Å². The van der Waals surface area contributed by atoms with Crippen molar-refractivity contribution in [3.05, 3.63) is 17.7 Å². The van der Waals surface area contributed by atoms with Crippen LogP contribution in [0.25, 0.3) is 0 Å². The summed E-state index contributed by atoms with van der Waals surface area (Å²) in [5.41, 5.74) is -0.150. The van der Waals surface area contributed by atoms with Crippen molar-refractivity contribution in [3.63, 3.8) is 0 Å². The van der Waals surface area contributed by atoms with E-state index in [4.69, 9.17) is 4.74 Å². The summed E-state index contributed by atoms with van der Waals surface area (Å²) < 4.78 is 23.0. The lowest BCUT2D eigenvalue weighted by Crippen LogP contribution is -2.32. The van der Waals surface area contributed by atoms with Crippen molar-refractivity contribution in [1.82, 2.24) is 15.5 Å². The number of hydrogen-bond donors (Lipinski definition) is 2. The Balaban J connectivity index is 1.80. The first-order valence-corrected chi connectivity index (χ1v) is 5.78. The molecule has 2 rings (SSSR count). The average Bonchev–Trinajstić information content (AvgIpc) is 3.04. The molecule has 2 unspecified atom stereocenters. The fourth-order valence-corrected chi connectivity index (χ4v) is 1.91. The number of carbonyl (C=O) groups excluding carboxylic acids is 2.